The molecule has 0 saturated heterocycles. The van der Waals surface area contributed by atoms with Crippen LogP contribution in [0.2, 0.25) is 0 Å². The largest absolute Gasteiger partial charge is 0.393 e. The summed E-state index contributed by atoms with van der Waals surface area (Å²) in [4.78, 5) is 0. The molecule has 5 saturated carbocycles. The number of hydrogen-bond donors (Lipinski definition) is 3. The fourth-order valence-electron chi connectivity index (χ4n) is 10.1. The van der Waals surface area contributed by atoms with Crippen LogP contribution in [0.3, 0.4) is 0 Å². The van der Waals surface area contributed by atoms with Gasteiger partial charge in [0.25, 0.3) is 0 Å². The van der Waals surface area contributed by atoms with E-state index in [-0.39, 0.29) is 16.9 Å². The first-order valence-corrected chi connectivity index (χ1v) is 11.9. The van der Waals surface area contributed by atoms with Crippen LogP contribution in [0.25, 0.3) is 0 Å². The molecule has 3 N–H and O–H groups in total. The number of rotatable bonds is 3. The van der Waals surface area contributed by atoms with Crippen LogP contribution in [-0.4, -0.2) is 37.4 Å². The molecule has 5 fully saturated rings. The Bertz CT molecular complexity index is 692. The minimum absolute atomic E-state index is 0.157. The van der Waals surface area contributed by atoms with E-state index in [0.29, 0.717) is 28.8 Å². The third-order valence-electron chi connectivity index (χ3n) is 11.6. The minimum Gasteiger partial charge on any atom is -0.393 e. The highest BCUT2D eigenvalue weighted by atomic mass is 16.3. The molecule has 28 heavy (non-hydrogen) atoms. The van der Waals surface area contributed by atoms with Crippen molar-refractivity contribution in [3.05, 3.63) is 12.2 Å². The summed E-state index contributed by atoms with van der Waals surface area (Å²) in [5, 5.41) is 18.2. The summed E-state index contributed by atoms with van der Waals surface area (Å²) in [7, 11) is 4.17. The van der Waals surface area contributed by atoms with Gasteiger partial charge >= 0.3 is 0 Å². The highest BCUT2D eigenvalue weighted by Crippen LogP contribution is 2.87. The Balaban J connectivity index is 1.51. The van der Waals surface area contributed by atoms with Gasteiger partial charge in [-0.25, -0.2) is 0 Å². The Kier molecular flexibility index (Phi) is 4.09. The molecule has 3 nitrogen and oxygen atoms in total. The summed E-state index contributed by atoms with van der Waals surface area (Å²) < 4.78 is 0. The van der Waals surface area contributed by atoms with Crippen LogP contribution in [0.1, 0.15) is 72.1 Å². The van der Waals surface area contributed by atoms with E-state index in [1.54, 1.807) is 0 Å². The van der Waals surface area contributed by atoms with E-state index in [1.807, 2.05) is 0 Å². The molecule has 0 aromatic heterocycles. The molecule has 0 aliphatic heterocycles. The molecule has 0 radical (unpaired) electrons. The number of aliphatic hydroxyl groups excluding tert-OH is 1. The van der Waals surface area contributed by atoms with Crippen LogP contribution < -0.4 is 10.6 Å². The van der Waals surface area contributed by atoms with Gasteiger partial charge in [0, 0.05) is 18.0 Å². The summed E-state index contributed by atoms with van der Waals surface area (Å²) >= 11 is 0. The van der Waals surface area contributed by atoms with Crippen molar-refractivity contribution in [3.63, 3.8) is 0 Å². The van der Waals surface area contributed by atoms with Gasteiger partial charge < -0.3 is 15.7 Å². The zero-order chi connectivity index (χ0) is 20.1. The summed E-state index contributed by atoms with van der Waals surface area (Å²) in [6, 6.07) is 0.912. The lowest BCUT2D eigenvalue weighted by Crippen LogP contribution is -2.56. The van der Waals surface area contributed by atoms with Crippen LogP contribution in [0.5, 0.6) is 0 Å². The van der Waals surface area contributed by atoms with Crippen LogP contribution >= 0.6 is 0 Å². The molecule has 0 aromatic rings. The number of likely N-dealkylation sites (N-methyl/N-ethyl adjacent to an activating group) is 1. The molecule has 0 bridgehead atoms. The Morgan fingerprint density at radius 1 is 1.04 bits per heavy atom. The molecule has 0 aromatic carbocycles. The number of aliphatic hydroxyl groups is 1. The normalized spacial score (nSPS) is 58.4. The predicted octanol–water partition coefficient (Wildman–Crippen LogP) is 4.12. The van der Waals surface area contributed by atoms with Crippen molar-refractivity contribution in [2.24, 2.45) is 39.4 Å². The predicted molar refractivity (Wildman–Crippen MR) is 115 cm³/mol. The summed E-state index contributed by atoms with van der Waals surface area (Å²) in [6.45, 7) is 12.0. The standard InChI is InChI=1S/C25H42N2O/c1-15-17-7-8-20-23(4)13-19(28)21(16(2)26-5)22(23,3)11-12-25(20)14-24(17,25)10-9-18(15)27-6/h16-21,26-28H,1,7-14H2,2-6H3/t16-,17-,18-,19+,20?,21?,22?,23-,24?,25?/m0/s1. The van der Waals surface area contributed by atoms with Crippen LogP contribution in [-0.2, 0) is 0 Å². The molecule has 10 atom stereocenters. The van der Waals surface area contributed by atoms with Crippen molar-refractivity contribution >= 4 is 0 Å². The number of hydrogen-bond acceptors (Lipinski definition) is 3. The molecule has 2 spiro atoms. The lowest BCUT2D eigenvalue weighted by molar-refractivity contribution is -0.120. The Labute approximate surface area is 172 Å². The van der Waals surface area contributed by atoms with Gasteiger partial charge in [-0.05, 0) is 106 Å². The fourth-order valence-corrected chi connectivity index (χ4v) is 10.1. The van der Waals surface area contributed by atoms with E-state index < -0.39 is 0 Å². The third kappa shape index (κ3) is 1.98. The second-order valence-corrected chi connectivity index (χ2v) is 11.8. The first-order chi connectivity index (χ1) is 13.2. The highest BCUT2D eigenvalue weighted by Gasteiger charge is 2.81. The van der Waals surface area contributed by atoms with E-state index in [1.165, 1.54) is 50.5 Å². The molecule has 5 aliphatic rings. The second-order valence-electron chi connectivity index (χ2n) is 11.8. The lowest BCUT2D eigenvalue weighted by Gasteiger charge is -2.61. The molecule has 0 amide bonds. The zero-order valence-corrected chi connectivity index (χ0v) is 18.8. The first-order valence-electron chi connectivity index (χ1n) is 11.9. The zero-order valence-electron chi connectivity index (χ0n) is 18.8. The second kappa shape index (κ2) is 5.86. The molecule has 5 unspecified atom stereocenters. The molecule has 5 rings (SSSR count). The van der Waals surface area contributed by atoms with Gasteiger partial charge in [0.15, 0.2) is 0 Å². The van der Waals surface area contributed by atoms with Crippen LogP contribution in [0.4, 0.5) is 0 Å². The lowest BCUT2D eigenvalue weighted by atomic mass is 9.43. The minimum atomic E-state index is -0.157. The maximum absolute atomic E-state index is 11.2. The number of nitrogens with one attached hydrogen (secondary N) is 2. The molecule has 3 heteroatoms. The summed E-state index contributed by atoms with van der Waals surface area (Å²) in [5.74, 6) is 1.90. The first kappa shape index (κ1) is 19.6. The molecule has 5 aliphatic carbocycles. The van der Waals surface area contributed by atoms with Crippen molar-refractivity contribution in [2.75, 3.05) is 14.1 Å². The van der Waals surface area contributed by atoms with Gasteiger partial charge in [-0.15, -0.1) is 0 Å². The Morgan fingerprint density at radius 3 is 2.46 bits per heavy atom. The summed E-state index contributed by atoms with van der Waals surface area (Å²) in [6.07, 6.45) is 10.3. The van der Waals surface area contributed by atoms with Crippen molar-refractivity contribution in [2.45, 2.75) is 90.3 Å². The van der Waals surface area contributed by atoms with Gasteiger partial charge in [0.05, 0.1) is 6.10 Å². The fraction of sp³-hybridized carbons (Fsp3) is 0.920. The SMILES string of the molecule is C=C1[C@@H](NC)CCC23CC24CCC2(C)C([C@H](C)NC)[C@H](O)C[C@@]2(C)C4CC[C@@H]13. The van der Waals surface area contributed by atoms with Crippen molar-refractivity contribution < 1.29 is 5.11 Å². The average Bonchev–Trinajstić information content (AvgIpc) is 3.27. The molecular weight excluding hydrogens is 344 g/mol. The van der Waals surface area contributed by atoms with Crippen molar-refractivity contribution in [3.8, 4) is 0 Å². The van der Waals surface area contributed by atoms with Gasteiger partial charge in [-0.3, -0.25) is 0 Å². The number of fused-ring (bicyclic) bond motifs is 2. The molecule has 158 valence electrons. The topological polar surface area (TPSA) is 44.3 Å². The summed E-state index contributed by atoms with van der Waals surface area (Å²) in [5.41, 5.74) is 3.12. The molecule has 0 heterocycles. The van der Waals surface area contributed by atoms with E-state index in [0.717, 1.165) is 18.3 Å². The quantitative estimate of drug-likeness (QED) is 0.639. The van der Waals surface area contributed by atoms with Crippen LogP contribution in [0.15, 0.2) is 12.2 Å². The molecular formula is C25H42N2O. The monoisotopic (exact) mass is 386 g/mol. The van der Waals surface area contributed by atoms with Crippen molar-refractivity contribution in [1.82, 2.24) is 10.6 Å². The van der Waals surface area contributed by atoms with Gasteiger partial charge in [0.1, 0.15) is 0 Å². The van der Waals surface area contributed by atoms with Gasteiger partial charge in [0.2, 0.25) is 0 Å². The van der Waals surface area contributed by atoms with Crippen molar-refractivity contribution in [1.29, 1.82) is 0 Å². The maximum atomic E-state index is 11.2. The van der Waals surface area contributed by atoms with Crippen LogP contribution in [0, 0.1) is 39.4 Å². The van der Waals surface area contributed by atoms with Gasteiger partial charge in [-0.2, -0.15) is 0 Å². The van der Waals surface area contributed by atoms with E-state index in [2.05, 4.69) is 52.1 Å². The third-order valence-corrected chi connectivity index (χ3v) is 11.6. The average molecular weight is 387 g/mol. The van der Waals surface area contributed by atoms with E-state index in [9.17, 15) is 5.11 Å². The Morgan fingerprint density at radius 2 is 1.79 bits per heavy atom. The van der Waals surface area contributed by atoms with Gasteiger partial charge in [-0.1, -0.05) is 26.0 Å². The Hall–Kier alpha value is -0.380. The maximum Gasteiger partial charge on any atom is 0.0594 e. The van der Waals surface area contributed by atoms with E-state index in [4.69, 9.17) is 0 Å². The highest BCUT2D eigenvalue weighted by molar-refractivity contribution is 5.35. The van der Waals surface area contributed by atoms with E-state index >= 15 is 0 Å². The smallest absolute Gasteiger partial charge is 0.0594 e.